The van der Waals surface area contributed by atoms with Gasteiger partial charge < -0.3 is 20.5 Å². The van der Waals surface area contributed by atoms with Gasteiger partial charge in [-0.3, -0.25) is 0 Å². The zero-order chi connectivity index (χ0) is 13.7. The monoisotopic (exact) mass is 252 g/mol. The van der Waals surface area contributed by atoms with E-state index < -0.39 is 18.0 Å². The van der Waals surface area contributed by atoms with Gasteiger partial charge in [0.2, 0.25) is 0 Å². The highest BCUT2D eigenvalue weighted by Crippen LogP contribution is 2.19. The van der Waals surface area contributed by atoms with Gasteiger partial charge in [0.15, 0.2) is 0 Å². The van der Waals surface area contributed by atoms with E-state index in [9.17, 15) is 14.4 Å². The highest BCUT2D eigenvalue weighted by atomic mass is 16.5. The van der Waals surface area contributed by atoms with Crippen molar-refractivity contribution < 1.29 is 23.9 Å². The molecule has 3 N–H and O–H groups in total. The molecule has 1 aromatic rings. The first-order valence-corrected chi connectivity index (χ1v) is 4.86. The van der Waals surface area contributed by atoms with Gasteiger partial charge in [-0.25, -0.2) is 14.4 Å². The van der Waals surface area contributed by atoms with Gasteiger partial charge in [0, 0.05) is 0 Å². The van der Waals surface area contributed by atoms with Gasteiger partial charge in [-0.15, -0.1) is 0 Å². The van der Waals surface area contributed by atoms with Crippen LogP contribution in [0.15, 0.2) is 18.2 Å². The number of rotatable bonds is 3. The average Bonchev–Trinajstić information content (AvgIpc) is 2.36. The Hall–Kier alpha value is -2.57. The summed E-state index contributed by atoms with van der Waals surface area (Å²) in [4.78, 5) is 33.6. The van der Waals surface area contributed by atoms with Crippen LogP contribution in [0.1, 0.15) is 20.7 Å². The second-order valence-corrected chi connectivity index (χ2v) is 3.23. The maximum atomic E-state index is 11.4. The highest BCUT2D eigenvalue weighted by molar-refractivity contribution is 6.02. The molecular formula is C11H12N2O5. The fourth-order valence-corrected chi connectivity index (χ4v) is 1.31. The summed E-state index contributed by atoms with van der Waals surface area (Å²) >= 11 is 0. The Morgan fingerprint density at radius 1 is 1.11 bits per heavy atom. The summed E-state index contributed by atoms with van der Waals surface area (Å²) in [5, 5.41) is 2.24. The van der Waals surface area contributed by atoms with Crippen LogP contribution < -0.4 is 11.1 Å². The first kappa shape index (κ1) is 13.5. The summed E-state index contributed by atoms with van der Waals surface area (Å²) in [7, 11) is 2.42. The zero-order valence-corrected chi connectivity index (χ0v) is 9.85. The Morgan fingerprint density at radius 2 is 1.72 bits per heavy atom. The Bertz CT molecular complexity index is 498. The lowest BCUT2D eigenvalue weighted by Gasteiger charge is -2.09. The Morgan fingerprint density at radius 3 is 2.22 bits per heavy atom. The Kier molecular flexibility index (Phi) is 4.25. The van der Waals surface area contributed by atoms with Gasteiger partial charge in [-0.2, -0.15) is 0 Å². The topological polar surface area (TPSA) is 108 Å². The van der Waals surface area contributed by atoms with E-state index in [1.807, 2.05) is 0 Å². The van der Waals surface area contributed by atoms with Crippen LogP contribution in [0.5, 0.6) is 0 Å². The van der Waals surface area contributed by atoms with Gasteiger partial charge in [-0.05, 0) is 18.2 Å². The van der Waals surface area contributed by atoms with E-state index in [-0.39, 0.29) is 16.8 Å². The third-order valence-corrected chi connectivity index (χ3v) is 2.10. The molecular weight excluding hydrogens is 240 g/mol. The van der Waals surface area contributed by atoms with Crippen LogP contribution in [-0.2, 0) is 9.47 Å². The predicted octanol–water partition coefficient (Wildman–Crippen LogP) is 0.750. The minimum absolute atomic E-state index is 0.0808. The number of carbonyl (C=O) groups is 3. The molecule has 0 saturated carbocycles. The molecule has 1 rings (SSSR count). The van der Waals surface area contributed by atoms with Gasteiger partial charge >= 0.3 is 18.0 Å². The van der Waals surface area contributed by atoms with E-state index in [1.54, 1.807) is 0 Å². The number of amides is 2. The summed E-state index contributed by atoms with van der Waals surface area (Å²) in [6, 6.07) is 3.14. The van der Waals surface area contributed by atoms with Gasteiger partial charge in [0.25, 0.3) is 0 Å². The summed E-state index contributed by atoms with van der Waals surface area (Å²) in [5.74, 6) is -1.26. The number of methoxy groups -OCH3 is 2. The molecule has 1 aromatic carbocycles. The van der Waals surface area contributed by atoms with E-state index in [2.05, 4.69) is 14.8 Å². The number of nitrogens with two attached hydrogens (primary N) is 1. The number of esters is 2. The lowest BCUT2D eigenvalue weighted by Crippen LogP contribution is -2.21. The maximum absolute atomic E-state index is 11.4. The molecule has 7 heteroatoms. The predicted molar refractivity (Wildman–Crippen MR) is 62.3 cm³/mol. The molecule has 7 nitrogen and oxygen atoms in total. The molecule has 2 amide bonds. The number of ether oxygens (including phenoxy) is 2. The van der Waals surface area contributed by atoms with Crippen molar-refractivity contribution in [1.82, 2.24) is 0 Å². The fraction of sp³-hybridized carbons (Fsp3) is 0.182. The number of anilines is 1. The molecule has 0 aliphatic carbocycles. The van der Waals surface area contributed by atoms with E-state index >= 15 is 0 Å². The van der Waals surface area contributed by atoms with Gasteiger partial charge in [-0.1, -0.05) is 0 Å². The van der Waals surface area contributed by atoms with Gasteiger partial charge in [0.05, 0.1) is 31.0 Å². The number of carbonyl (C=O) groups excluding carboxylic acids is 3. The SMILES string of the molecule is COC(=O)c1ccc(C(=O)OC)c(NC(N)=O)c1. The molecule has 0 radical (unpaired) electrons. The smallest absolute Gasteiger partial charge is 0.339 e. The van der Waals surface area contributed by atoms with Crippen molar-refractivity contribution in [3.05, 3.63) is 29.3 Å². The van der Waals surface area contributed by atoms with Crippen LogP contribution in [0.2, 0.25) is 0 Å². The molecule has 0 aliphatic heterocycles. The molecule has 0 bridgehead atoms. The number of urea groups is 1. The quantitative estimate of drug-likeness (QED) is 0.772. The number of hydrogen-bond donors (Lipinski definition) is 2. The lowest BCUT2D eigenvalue weighted by atomic mass is 10.1. The van der Waals surface area contributed by atoms with E-state index in [1.165, 1.54) is 32.4 Å². The minimum atomic E-state index is -0.859. The van der Waals surface area contributed by atoms with Crippen LogP contribution in [0.25, 0.3) is 0 Å². The third kappa shape index (κ3) is 2.97. The summed E-state index contributed by atoms with van der Waals surface area (Å²) in [6.07, 6.45) is 0. The Balaban J connectivity index is 3.24. The van der Waals surface area contributed by atoms with Gasteiger partial charge in [0.1, 0.15) is 0 Å². The largest absolute Gasteiger partial charge is 0.465 e. The zero-order valence-electron chi connectivity index (χ0n) is 9.85. The van der Waals surface area contributed by atoms with Crippen LogP contribution in [0, 0.1) is 0 Å². The average molecular weight is 252 g/mol. The normalized spacial score (nSPS) is 9.44. The fourth-order valence-electron chi connectivity index (χ4n) is 1.31. The summed E-state index contributed by atoms with van der Waals surface area (Å²) in [6.45, 7) is 0. The van der Waals surface area contributed by atoms with E-state index in [0.29, 0.717) is 0 Å². The molecule has 0 saturated heterocycles. The van der Waals surface area contributed by atoms with Crippen molar-refractivity contribution in [3.63, 3.8) is 0 Å². The lowest BCUT2D eigenvalue weighted by molar-refractivity contribution is 0.0587. The minimum Gasteiger partial charge on any atom is -0.465 e. The summed E-state index contributed by atoms with van der Waals surface area (Å²) < 4.78 is 9.06. The standard InChI is InChI=1S/C11H12N2O5/c1-17-9(14)6-3-4-7(10(15)18-2)8(5-6)13-11(12)16/h3-5H,1-2H3,(H3,12,13,16). The number of primary amides is 1. The first-order chi connectivity index (χ1) is 8.49. The van der Waals surface area contributed by atoms with Crippen LogP contribution in [0.3, 0.4) is 0 Å². The van der Waals surface area contributed by atoms with Crippen LogP contribution in [0.4, 0.5) is 10.5 Å². The van der Waals surface area contributed by atoms with Crippen LogP contribution >= 0.6 is 0 Å². The third-order valence-electron chi connectivity index (χ3n) is 2.10. The van der Waals surface area contributed by atoms with E-state index in [0.717, 1.165) is 0 Å². The molecule has 0 heterocycles. The van der Waals surface area contributed by atoms with Crippen LogP contribution in [-0.4, -0.2) is 32.2 Å². The molecule has 0 unspecified atom stereocenters. The first-order valence-electron chi connectivity index (χ1n) is 4.86. The molecule has 0 aliphatic rings. The number of benzene rings is 1. The van der Waals surface area contributed by atoms with Crippen molar-refractivity contribution in [2.75, 3.05) is 19.5 Å². The van der Waals surface area contributed by atoms with E-state index in [4.69, 9.17) is 5.73 Å². The molecule has 0 spiro atoms. The van der Waals surface area contributed by atoms with Crippen molar-refractivity contribution in [2.45, 2.75) is 0 Å². The molecule has 18 heavy (non-hydrogen) atoms. The van der Waals surface area contributed by atoms with Crippen molar-refractivity contribution in [3.8, 4) is 0 Å². The maximum Gasteiger partial charge on any atom is 0.339 e. The van der Waals surface area contributed by atoms with Crippen molar-refractivity contribution in [2.24, 2.45) is 5.73 Å². The summed E-state index contributed by atoms with van der Waals surface area (Å²) in [5.41, 5.74) is 5.32. The molecule has 96 valence electrons. The van der Waals surface area contributed by atoms with Crippen molar-refractivity contribution in [1.29, 1.82) is 0 Å². The molecule has 0 fully saturated rings. The number of hydrogen-bond acceptors (Lipinski definition) is 5. The van der Waals surface area contributed by atoms with Crippen molar-refractivity contribution >= 4 is 23.7 Å². The second kappa shape index (κ2) is 5.67. The number of nitrogens with one attached hydrogen (secondary N) is 1. The molecule has 0 atom stereocenters. The molecule has 0 aromatic heterocycles. The Labute approximate surface area is 103 Å². The second-order valence-electron chi connectivity index (χ2n) is 3.23. The highest BCUT2D eigenvalue weighted by Gasteiger charge is 2.16.